The van der Waals surface area contributed by atoms with Crippen LogP contribution in [0.5, 0.6) is 5.75 Å². The quantitative estimate of drug-likeness (QED) is 0.840. The van der Waals surface area contributed by atoms with Crippen LogP contribution < -0.4 is 4.74 Å². The molecule has 20 heavy (non-hydrogen) atoms. The summed E-state index contributed by atoms with van der Waals surface area (Å²) in [5, 5.41) is 0. The molecule has 2 rings (SSSR count). The molecular weight excluding hydrogens is 250 g/mol. The highest BCUT2D eigenvalue weighted by molar-refractivity contribution is 5.77. The average Bonchev–Trinajstić information content (AvgIpc) is 2.86. The summed E-state index contributed by atoms with van der Waals surface area (Å²) in [5.74, 6) is 1.13. The van der Waals surface area contributed by atoms with Crippen molar-refractivity contribution in [2.75, 3.05) is 13.7 Å². The fourth-order valence-electron chi connectivity index (χ4n) is 2.82. The minimum Gasteiger partial charge on any atom is -0.497 e. The highest BCUT2D eigenvalue weighted by Crippen LogP contribution is 2.35. The standard InChI is InChI=1S/C17H25NO2/c1-17(2,3)12-16(19)18-10-6-9-15(18)13-7-5-8-14(11-13)20-4/h5,7-8,11,15H,6,9-10,12H2,1-4H3. The van der Waals surface area contributed by atoms with Crippen molar-refractivity contribution in [1.29, 1.82) is 0 Å². The number of ether oxygens (including phenoxy) is 1. The predicted octanol–water partition coefficient (Wildman–Crippen LogP) is 3.79. The Morgan fingerprint density at radius 1 is 1.40 bits per heavy atom. The lowest BCUT2D eigenvalue weighted by atomic mass is 9.91. The number of carbonyl (C=O) groups is 1. The zero-order valence-electron chi connectivity index (χ0n) is 13.0. The van der Waals surface area contributed by atoms with Crippen molar-refractivity contribution in [2.24, 2.45) is 5.41 Å². The molecule has 1 fully saturated rings. The van der Waals surface area contributed by atoms with E-state index in [1.165, 1.54) is 5.56 Å². The van der Waals surface area contributed by atoms with Crippen molar-refractivity contribution in [3.05, 3.63) is 29.8 Å². The van der Waals surface area contributed by atoms with Crippen molar-refractivity contribution < 1.29 is 9.53 Å². The van der Waals surface area contributed by atoms with E-state index in [4.69, 9.17) is 4.74 Å². The summed E-state index contributed by atoms with van der Waals surface area (Å²) in [7, 11) is 1.68. The molecule has 3 heteroatoms. The number of rotatable bonds is 3. The monoisotopic (exact) mass is 275 g/mol. The van der Waals surface area contributed by atoms with Crippen molar-refractivity contribution in [3.63, 3.8) is 0 Å². The second-order valence-corrected chi connectivity index (χ2v) is 6.76. The first-order valence-electron chi connectivity index (χ1n) is 7.34. The van der Waals surface area contributed by atoms with E-state index < -0.39 is 0 Å². The van der Waals surface area contributed by atoms with Crippen LogP contribution in [0.4, 0.5) is 0 Å². The van der Waals surface area contributed by atoms with Gasteiger partial charge in [-0.25, -0.2) is 0 Å². The Labute approximate surface area is 121 Å². The van der Waals surface area contributed by atoms with Gasteiger partial charge < -0.3 is 9.64 Å². The van der Waals surface area contributed by atoms with Gasteiger partial charge in [-0.1, -0.05) is 32.9 Å². The van der Waals surface area contributed by atoms with E-state index in [0.29, 0.717) is 6.42 Å². The third-order valence-corrected chi connectivity index (χ3v) is 3.73. The van der Waals surface area contributed by atoms with Gasteiger partial charge in [0.25, 0.3) is 0 Å². The molecule has 0 aromatic heterocycles. The first-order chi connectivity index (χ1) is 9.40. The van der Waals surface area contributed by atoms with Gasteiger partial charge in [-0.3, -0.25) is 4.79 Å². The predicted molar refractivity (Wildman–Crippen MR) is 80.8 cm³/mol. The third kappa shape index (κ3) is 3.53. The molecule has 0 saturated carbocycles. The van der Waals surface area contributed by atoms with Gasteiger partial charge in [-0.15, -0.1) is 0 Å². The Morgan fingerprint density at radius 2 is 2.15 bits per heavy atom. The van der Waals surface area contributed by atoms with Crippen molar-refractivity contribution in [1.82, 2.24) is 4.90 Å². The van der Waals surface area contributed by atoms with Crippen molar-refractivity contribution in [2.45, 2.75) is 46.1 Å². The van der Waals surface area contributed by atoms with Crippen LogP contribution in [-0.4, -0.2) is 24.5 Å². The maximum atomic E-state index is 12.5. The topological polar surface area (TPSA) is 29.5 Å². The number of hydrogen-bond acceptors (Lipinski definition) is 2. The molecule has 1 aliphatic heterocycles. The molecule has 110 valence electrons. The summed E-state index contributed by atoms with van der Waals surface area (Å²) < 4.78 is 5.29. The second-order valence-electron chi connectivity index (χ2n) is 6.76. The molecule has 1 aromatic rings. The Kier molecular flexibility index (Phi) is 4.36. The van der Waals surface area contributed by atoms with E-state index in [2.05, 4.69) is 26.8 Å². The first-order valence-corrected chi connectivity index (χ1v) is 7.34. The summed E-state index contributed by atoms with van der Waals surface area (Å²) in [6.07, 6.45) is 2.73. The van der Waals surface area contributed by atoms with Gasteiger partial charge in [0, 0.05) is 13.0 Å². The normalized spacial score (nSPS) is 19.2. The van der Waals surface area contributed by atoms with Crippen LogP contribution in [0.2, 0.25) is 0 Å². The highest BCUT2D eigenvalue weighted by Gasteiger charge is 2.31. The maximum absolute atomic E-state index is 12.5. The number of likely N-dealkylation sites (tertiary alicyclic amines) is 1. The number of methoxy groups -OCH3 is 1. The van der Waals surface area contributed by atoms with Gasteiger partial charge in [0.1, 0.15) is 5.75 Å². The Bertz CT molecular complexity index is 476. The number of hydrogen-bond donors (Lipinski definition) is 0. The van der Waals surface area contributed by atoms with Crippen LogP contribution in [0, 0.1) is 5.41 Å². The largest absolute Gasteiger partial charge is 0.497 e. The Balaban J connectivity index is 2.16. The second kappa shape index (κ2) is 5.86. The van der Waals surface area contributed by atoms with Crippen molar-refractivity contribution in [3.8, 4) is 5.75 Å². The van der Waals surface area contributed by atoms with E-state index in [1.54, 1.807) is 7.11 Å². The van der Waals surface area contributed by atoms with Gasteiger partial charge in [0.2, 0.25) is 5.91 Å². The number of benzene rings is 1. The molecule has 0 N–H and O–H groups in total. The Hall–Kier alpha value is -1.51. The fourth-order valence-corrected chi connectivity index (χ4v) is 2.82. The molecule has 0 aliphatic carbocycles. The SMILES string of the molecule is COc1cccc(C2CCCN2C(=O)CC(C)(C)C)c1. The van der Waals surface area contributed by atoms with Crippen LogP contribution in [0.25, 0.3) is 0 Å². The third-order valence-electron chi connectivity index (χ3n) is 3.73. The summed E-state index contributed by atoms with van der Waals surface area (Å²) >= 11 is 0. The van der Waals surface area contributed by atoms with Gasteiger partial charge >= 0.3 is 0 Å². The molecule has 1 atom stereocenters. The van der Waals surface area contributed by atoms with E-state index in [-0.39, 0.29) is 17.4 Å². The molecule has 1 saturated heterocycles. The zero-order valence-corrected chi connectivity index (χ0v) is 13.0. The van der Waals surface area contributed by atoms with Gasteiger partial charge in [-0.05, 0) is 36.0 Å². The van der Waals surface area contributed by atoms with E-state index in [1.807, 2.05) is 23.1 Å². The van der Waals surface area contributed by atoms with E-state index >= 15 is 0 Å². The molecule has 1 aromatic carbocycles. The molecule has 1 aliphatic rings. The summed E-state index contributed by atoms with van der Waals surface area (Å²) in [6, 6.07) is 8.29. The molecular formula is C17H25NO2. The van der Waals surface area contributed by atoms with Gasteiger partial charge in [0.05, 0.1) is 13.2 Å². The number of nitrogens with zero attached hydrogens (tertiary/aromatic N) is 1. The highest BCUT2D eigenvalue weighted by atomic mass is 16.5. The van der Waals surface area contributed by atoms with Crippen LogP contribution >= 0.6 is 0 Å². The molecule has 3 nitrogen and oxygen atoms in total. The summed E-state index contributed by atoms with van der Waals surface area (Å²) in [4.78, 5) is 14.5. The molecule has 0 bridgehead atoms. The average molecular weight is 275 g/mol. The smallest absolute Gasteiger partial charge is 0.223 e. The fraction of sp³-hybridized carbons (Fsp3) is 0.588. The molecule has 0 radical (unpaired) electrons. The summed E-state index contributed by atoms with van der Waals surface area (Å²) in [6.45, 7) is 7.21. The zero-order chi connectivity index (χ0) is 14.8. The molecule has 1 amide bonds. The summed E-state index contributed by atoms with van der Waals surface area (Å²) in [5.41, 5.74) is 1.22. The lowest BCUT2D eigenvalue weighted by Crippen LogP contribution is -2.33. The van der Waals surface area contributed by atoms with Gasteiger partial charge in [0.15, 0.2) is 0 Å². The first kappa shape index (κ1) is 14.9. The maximum Gasteiger partial charge on any atom is 0.223 e. The molecule has 0 spiro atoms. The minimum absolute atomic E-state index is 0.0403. The van der Waals surface area contributed by atoms with Crippen molar-refractivity contribution >= 4 is 5.91 Å². The van der Waals surface area contributed by atoms with Gasteiger partial charge in [-0.2, -0.15) is 0 Å². The van der Waals surface area contributed by atoms with Crippen LogP contribution in [0.1, 0.15) is 51.6 Å². The Morgan fingerprint density at radius 3 is 2.80 bits per heavy atom. The van der Waals surface area contributed by atoms with E-state index in [9.17, 15) is 4.79 Å². The number of amides is 1. The van der Waals surface area contributed by atoms with Crippen LogP contribution in [-0.2, 0) is 4.79 Å². The molecule has 1 unspecified atom stereocenters. The van der Waals surface area contributed by atoms with Crippen LogP contribution in [0.15, 0.2) is 24.3 Å². The lowest BCUT2D eigenvalue weighted by molar-refractivity contribution is -0.134. The molecule has 1 heterocycles. The lowest BCUT2D eigenvalue weighted by Gasteiger charge is -2.28. The van der Waals surface area contributed by atoms with E-state index in [0.717, 1.165) is 25.1 Å². The van der Waals surface area contributed by atoms with Crippen LogP contribution in [0.3, 0.4) is 0 Å². The minimum atomic E-state index is 0.0403. The number of carbonyl (C=O) groups excluding carboxylic acids is 1.